The molecule has 0 radical (unpaired) electrons. The van der Waals surface area contributed by atoms with E-state index < -0.39 is 6.04 Å². The number of rotatable bonds is 2. The van der Waals surface area contributed by atoms with Crippen LogP contribution >= 0.6 is 0 Å². The molecule has 0 bridgehead atoms. The third kappa shape index (κ3) is 3.30. The van der Waals surface area contributed by atoms with Gasteiger partial charge in [0.05, 0.1) is 12.2 Å². The summed E-state index contributed by atoms with van der Waals surface area (Å²) in [5.74, 6) is -0.761. The molecule has 4 heterocycles. The lowest BCUT2D eigenvalue weighted by Crippen LogP contribution is -2.55. The SMILES string of the molecule is O=C1CCC(N2Cc3cc(N4CCC5(CC4)CNCCO5)ccc3C2=O)C(=O)N1. The maximum atomic E-state index is 12.8. The number of piperidine rings is 2. The zero-order valence-electron chi connectivity index (χ0n) is 16.4. The molecule has 4 aliphatic rings. The van der Waals surface area contributed by atoms with Gasteiger partial charge in [-0.2, -0.15) is 0 Å². The van der Waals surface area contributed by atoms with E-state index in [2.05, 4.69) is 21.6 Å². The van der Waals surface area contributed by atoms with Crippen molar-refractivity contribution in [1.29, 1.82) is 0 Å². The normalized spacial score (nSPS) is 26.6. The van der Waals surface area contributed by atoms with Crippen LogP contribution in [0.4, 0.5) is 5.69 Å². The van der Waals surface area contributed by atoms with E-state index in [0.717, 1.165) is 56.9 Å². The average Bonchev–Trinajstić information content (AvgIpc) is 3.05. The number of nitrogens with zero attached hydrogens (tertiary/aromatic N) is 2. The molecule has 8 heteroatoms. The lowest BCUT2D eigenvalue weighted by molar-refractivity contribution is -0.136. The first-order chi connectivity index (χ1) is 14.0. The minimum Gasteiger partial charge on any atom is -0.372 e. The van der Waals surface area contributed by atoms with Crippen LogP contribution in [0, 0.1) is 0 Å². The van der Waals surface area contributed by atoms with Crippen LogP contribution in [-0.4, -0.2) is 67.1 Å². The van der Waals surface area contributed by atoms with Gasteiger partial charge in [-0.3, -0.25) is 19.7 Å². The number of carbonyl (C=O) groups is 3. The third-order valence-electron chi connectivity index (χ3n) is 6.68. The monoisotopic (exact) mass is 398 g/mol. The smallest absolute Gasteiger partial charge is 0.255 e. The standard InChI is InChI=1S/C21H26N4O4/c26-18-4-3-17(19(27)23-18)25-12-14-11-15(1-2-16(14)20(25)28)24-8-5-21(6-9-24)13-22-7-10-29-21/h1-2,11,17,22H,3-10,12-13H2,(H,23,26,27). The first-order valence-corrected chi connectivity index (χ1v) is 10.4. The number of anilines is 1. The van der Waals surface area contributed by atoms with Crippen molar-refractivity contribution in [1.82, 2.24) is 15.5 Å². The molecule has 29 heavy (non-hydrogen) atoms. The van der Waals surface area contributed by atoms with Crippen molar-refractivity contribution in [2.75, 3.05) is 37.7 Å². The van der Waals surface area contributed by atoms with E-state index >= 15 is 0 Å². The van der Waals surface area contributed by atoms with Crippen molar-refractivity contribution in [2.45, 2.75) is 43.9 Å². The van der Waals surface area contributed by atoms with Crippen molar-refractivity contribution in [2.24, 2.45) is 0 Å². The number of ether oxygens (including phenoxy) is 1. The molecule has 1 aromatic rings. The van der Waals surface area contributed by atoms with Gasteiger partial charge < -0.3 is 19.9 Å². The summed E-state index contributed by atoms with van der Waals surface area (Å²) in [6, 6.07) is 5.39. The van der Waals surface area contributed by atoms with Crippen molar-refractivity contribution in [3.8, 4) is 0 Å². The summed E-state index contributed by atoms with van der Waals surface area (Å²) in [6.45, 7) is 4.88. The van der Waals surface area contributed by atoms with Gasteiger partial charge in [-0.25, -0.2) is 0 Å². The molecule has 1 aromatic carbocycles. The quantitative estimate of drug-likeness (QED) is 0.701. The summed E-state index contributed by atoms with van der Waals surface area (Å²) >= 11 is 0. The predicted octanol–water partition coefficient (Wildman–Crippen LogP) is 0.406. The van der Waals surface area contributed by atoms with Crippen LogP contribution in [0.2, 0.25) is 0 Å². The van der Waals surface area contributed by atoms with Gasteiger partial charge in [0.1, 0.15) is 6.04 Å². The van der Waals surface area contributed by atoms with Crippen LogP contribution in [0.1, 0.15) is 41.6 Å². The van der Waals surface area contributed by atoms with E-state index in [1.165, 1.54) is 0 Å². The fourth-order valence-corrected chi connectivity index (χ4v) is 4.96. The summed E-state index contributed by atoms with van der Waals surface area (Å²) in [6.07, 6.45) is 2.63. The molecular weight excluding hydrogens is 372 g/mol. The summed E-state index contributed by atoms with van der Waals surface area (Å²) in [7, 11) is 0. The van der Waals surface area contributed by atoms with E-state index in [9.17, 15) is 14.4 Å². The van der Waals surface area contributed by atoms with Crippen LogP contribution in [0.25, 0.3) is 0 Å². The zero-order valence-corrected chi connectivity index (χ0v) is 16.4. The van der Waals surface area contributed by atoms with E-state index in [1.807, 2.05) is 12.1 Å². The molecule has 3 fully saturated rings. The van der Waals surface area contributed by atoms with Gasteiger partial charge in [-0.05, 0) is 43.0 Å². The summed E-state index contributed by atoms with van der Waals surface area (Å²) < 4.78 is 6.08. The van der Waals surface area contributed by atoms with Crippen LogP contribution in [-0.2, 0) is 20.9 Å². The molecule has 2 N–H and O–H groups in total. The first-order valence-electron chi connectivity index (χ1n) is 10.4. The van der Waals surface area contributed by atoms with Gasteiger partial charge in [-0.15, -0.1) is 0 Å². The Hall–Kier alpha value is -2.45. The molecule has 0 aromatic heterocycles. The Kier molecular flexibility index (Phi) is 4.55. The predicted molar refractivity (Wildman–Crippen MR) is 105 cm³/mol. The topological polar surface area (TPSA) is 91.0 Å². The second-order valence-electron chi connectivity index (χ2n) is 8.44. The molecule has 1 unspecified atom stereocenters. The van der Waals surface area contributed by atoms with Crippen molar-refractivity contribution in [3.63, 3.8) is 0 Å². The largest absolute Gasteiger partial charge is 0.372 e. The number of fused-ring (bicyclic) bond motifs is 1. The Labute approximate surface area is 169 Å². The Bertz CT molecular complexity index is 854. The van der Waals surface area contributed by atoms with Gasteiger partial charge >= 0.3 is 0 Å². The summed E-state index contributed by atoms with van der Waals surface area (Å²) in [5.41, 5.74) is 2.68. The lowest BCUT2D eigenvalue weighted by Gasteiger charge is -2.44. The highest BCUT2D eigenvalue weighted by Crippen LogP contribution is 2.34. The number of amides is 3. The second-order valence-corrected chi connectivity index (χ2v) is 8.44. The summed E-state index contributed by atoms with van der Waals surface area (Å²) in [5, 5.41) is 5.79. The van der Waals surface area contributed by atoms with E-state index in [1.54, 1.807) is 4.90 Å². The number of nitrogens with one attached hydrogen (secondary N) is 2. The van der Waals surface area contributed by atoms with Crippen molar-refractivity contribution in [3.05, 3.63) is 29.3 Å². The highest BCUT2D eigenvalue weighted by Gasteiger charge is 2.40. The molecule has 0 aliphatic carbocycles. The Balaban J connectivity index is 1.29. The zero-order chi connectivity index (χ0) is 20.0. The Morgan fingerprint density at radius 3 is 2.69 bits per heavy atom. The molecule has 0 saturated carbocycles. The van der Waals surface area contributed by atoms with Crippen molar-refractivity contribution < 1.29 is 19.1 Å². The van der Waals surface area contributed by atoms with E-state index in [-0.39, 0.29) is 29.7 Å². The van der Waals surface area contributed by atoms with Gasteiger partial charge in [0.2, 0.25) is 11.8 Å². The molecule has 5 rings (SSSR count). The fourth-order valence-electron chi connectivity index (χ4n) is 4.96. The molecule has 154 valence electrons. The fraction of sp³-hybridized carbons (Fsp3) is 0.571. The number of imide groups is 1. The Morgan fingerprint density at radius 2 is 1.97 bits per heavy atom. The highest BCUT2D eigenvalue weighted by molar-refractivity contribution is 6.05. The van der Waals surface area contributed by atoms with Gasteiger partial charge in [-0.1, -0.05) is 0 Å². The number of benzene rings is 1. The molecule has 8 nitrogen and oxygen atoms in total. The van der Waals surface area contributed by atoms with Crippen LogP contribution in [0.3, 0.4) is 0 Å². The second kappa shape index (κ2) is 7.11. The van der Waals surface area contributed by atoms with E-state index in [0.29, 0.717) is 18.5 Å². The van der Waals surface area contributed by atoms with Gasteiger partial charge in [0, 0.05) is 50.4 Å². The molecule has 4 aliphatic heterocycles. The van der Waals surface area contributed by atoms with Crippen LogP contribution < -0.4 is 15.5 Å². The van der Waals surface area contributed by atoms with Crippen LogP contribution in [0.5, 0.6) is 0 Å². The number of morpholine rings is 1. The minimum atomic E-state index is -0.568. The molecule has 3 saturated heterocycles. The maximum Gasteiger partial charge on any atom is 0.255 e. The molecule has 3 amide bonds. The van der Waals surface area contributed by atoms with Crippen molar-refractivity contribution >= 4 is 23.4 Å². The maximum absolute atomic E-state index is 12.8. The van der Waals surface area contributed by atoms with Gasteiger partial charge in [0.15, 0.2) is 0 Å². The number of carbonyl (C=O) groups excluding carboxylic acids is 3. The van der Waals surface area contributed by atoms with Crippen LogP contribution in [0.15, 0.2) is 18.2 Å². The molecule has 1 spiro atoms. The van der Waals surface area contributed by atoms with E-state index in [4.69, 9.17) is 4.74 Å². The highest BCUT2D eigenvalue weighted by atomic mass is 16.5. The Morgan fingerprint density at radius 1 is 1.14 bits per heavy atom. The lowest BCUT2D eigenvalue weighted by atomic mass is 9.89. The minimum absolute atomic E-state index is 0.0377. The number of hydrogen-bond acceptors (Lipinski definition) is 6. The average molecular weight is 398 g/mol. The number of hydrogen-bond donors (Lipinski definition) is 2. The first kappa shape index (κ1) is 18.6. The third-order valence-corrected chi connectivity index (χ3v) is 6.68. The molecule has 1 atom stereocenters. The molecular formula is C21H26N4O4. The summed E-state index contributed by atoms with van der Waals surface area (Å²) in [4.78, 5) is 40.4. The van der Waals surface area contributed by atoms with Gasteiger partial charge in [0.25, 0.3) is 5.91 Å².